The summed E-state index contributed by atoms with van der Waals surface area (Å²) >= 11 is 0. The van der Waals surface area contributed by atoms with Gasteiger partial charge in [-0.25, -0.2) is 4.68 Å². The zero-order valence-corrected chi connectivity index (χ0v) is 11.5. The molecule has 0 unspecified atom stereocenters. The van der Waals surface area contributed by atoms with Crippen molar-refractivity contribution in [1.29, 1.82) is 0 Å². The van der Waals surface area contributed by atoms with Gasteiger partial charge in [0.2, 0.25) is 0 Å². The first-order valence-electron chi connectivity index (χ1n) is 6.46. The van der Waals surface area contributed by atoms with Crippen LogP contribution in [0.4, 0.5) is 0 Å². The summed E-state index contributed by atoms with van der Waals surface area (Å²) in [6.07, 6.45) is 0.902. The van der Waals surface area contributed by atoms with E-state index >= 15 is 0 Å². The van der Waals surface area contributed by atoms with Crippen molar-refractivity contribution < 1.29 is 4.79 Å². The number of benzene rings is 1. The third-order valence-corrected chi connectivity index (χ3v) is 3.18. The van der Waals surface area contributed by atoms with Gasteiger partial charge >= 0.3 is 0 Å². The fourth-order valence-corrected chi connectivity index (χ4v) is 2.36. The van der Waals surface area contributed by atoms with Crippen LogP contribution in [0.25, 0.3) is 5.69 Å². The second-order valence-corrected chi connectivity index (χ2v) is 4.59. The van der Waals surface area contributed by atoms with Crippen LogP contribution in [0.5, 0.6) is 0 Å². The monoisotopic (exact) mass is 258 g/mol. The Bertz CT molecular complexity index is 651. The summed E-state index contributed by atoms with van der Waals surface area (Å²) in [5.41, 5.74) is 1.58. The molecule has 0 aliphatic rings. The summed E-state index contributed by atoms with van der Waals surface area (Å²) < 4.78 is 3.48. The molecule has 1 aromatic heterocycles. The van der Waals surface area contributed by atoms with Crippen LogP contribution in [0.1, 0.15) is 36.3 Å². The van der Waals surface area contributed by atoms with E-state index in [1.807, 2.05) is 48.9 Å². The van der Waals surface area contributed by atoms with E-state index in [-0.39, 0.29) is 16.9 Å². The highest BCUT2D eigenvalue weighted by atomic mass is 16.2. The van der Waals surface area contributed by atoms with Crippen LogP contribution in [0.3, 0.4) is 0 Å². The molecular formula is C15H18N2O2. The number of rotatable bonds is 4. The van der Waals surface area contributed by atoms with Crippen molar-refractivity contribution in [2.24, 2.45) is 0 Å². The third-order valence-electron chi connectivity index (χ3n) is 3.18. The highest BCUT2D eigenvalue weighted by Crippen LogP contribution is 2.12. The Kier molecular flexibility index (Phi) is 3.69. The molecule has 100 valence electrons. The maximum atomic E-state index is 12.4. The summed E-state index contributed by atoms with van der Waals surface area (Å²) in [6, 6.07) is 9.41. The Morgan fingerprint density at radius 2 is 1.84 bits per heavy atom. The number of hydrogen-bond donors (Lipinski definition) is 0. The summed E-state index contributed by atoms with van der Waals surface area (Å²) in [5.74, 6) is -0.179. The molecule has 0 fully saturated rings. The number of carbonyl (C=O) groups is 1. The number of nitrogens with zero attached hydrogens (tertiary/aromatic N) is 2. The van der Waals surface area contributed by atoms with Crippen LogP contribution in [0.15, 0.2) is 35.1 Å². The molecule has 0 N–H and O–H groups in total. The summed E-state index contributed by atoms with van der Waals surface area (Å²) in [7, 11) is 0. The number of ketones is 1. The predicted octanol–water partition coefficient (Wildman–Crippen LogP) is 2.56. The molecule has 0 saturated carbocycles. The first-order chi connectivity index (χ1) is 9.07. The van der Waals surface area contributed by atoms with E-state index in [2.05, 4.69) is 0 Å². The quantitative estimate of drug-likeness (QED) is 0.791. The van der Waals surface area contributed by atoms with Gasteiger partial charge in [0.25, 0.3) is 5.56 Å². The van der Waals surface area contributed by atoms with Crippen molar-refractivity contribution in [3.8, 4) is 5.69 Å². The standard InChI is InChI=1S/C15H18N2O2/c1-4-10-16-11(2)14(12(3)18)15(19)17(16)13-8-6-5-7-9-13/h5-9H,4,10H2,1-3H3. The van der Waals surface area contributed by atoms with Gasteiger partial charge in [0, 0.05) is 12.2 Å². The van der Waals surface area contributed by atoms with Crippen molar-refractivity contribution in [1.82, 2.24) is 9.36 Å². The van der Waals surface area contributed by atoms with E-state index in [1.165, 1.54) is 6.92 Å². The summed E-state index contributed by atoms with van der Waals surface area (Å²) in [5, 5.41) is 0. The Morgan fingerprint density at radius 1 is 1.21 bits per heavy atom. The van der Waals surface area contributed by atoms with E-state index in [4.69, 9.17) is 0 Å². The SMILES string of the molecule is CCCn1c(C)c(C(C)=O)c(=O)n1-c1ccccc1. The van der Waals surface area contributed by atoms with Gasteiger partial charge in [-0.1, -0.05) is 25.1 Å². The maximum absolute atomic E-state index is 12.4. The van der Waals surface area contributed by atoms with Crippen LogP contribution < -0.4 is 5.56 Å². The molecule has 0 amide bonds. The fraction of sp³-hybridized carbons (Fsp3) is 0.333. The minimum absolute atomic E-state index is 0.179. The van der Waals surface area contributed by atoms with Crippen LogP contribution in [-0.2, 0) is 6.54 Å². The average molecular weight is 258 g/mol. The van der Waals surface area contributed by atoms with Gasteiger partial charge in [0.15, 0.2) is 5.78 Å². The lowest BCUT2D eigenvalue weighted by atomic mass is 10.2. The second-order valence-electron chi connectivity index (χ2n) is 4.59. The Hall–Kier alpha value is -2.10. The third kappa shape index (κ3) is 2.26. The highest BCUT2D eigenvalue weighted by Gasteiger charge is 2.20. The van der Waals surface area contributed by atoms with Gasteiger partial charge < -0.3 is 0 Å². The van der Waals surface area contributed by atoms with Gasteiger partial charge in [-0.05, 0) is 32.4 Å². The Balaban J connectivity index is 2.76. The normalized spacial score (nSPS) is 10.7. The van der Waals surface area contributed by atoms with E-state index in [9.17, 15) is 9.59 Å². The zero-order valence-electron chi connectivity index (χ0n) is 11.5. The molecule has 2 aromatic rings. The average Bonchev–Trinajstić information content (AvgIpc) is 2.63. The number of Topliss-reactive ketones (excluding diaryl/α,β-unsaturated/α-hetero) is 1. The lowest BCUT2D eigenvalue weighted by molar-refractivity contribution is 0.101. The summed E-state index contributed by atoms with van der Waals surface area (Å²) in [4.78, 5) is 24.1. The molecule has 0 atom stereocenters. The molecule has 0 aliphatic carbocycles. The zero-order chi connectivity index (χ0) is 14.0. The topological polar surface area (TPSA) is 44.0 Å². The van der Waals surface area contributed by atoms with E-state index < -0.39 is 0 Å². The first-order valence-corrected chi connectivity index (χ1v) is 6.46. The number of aromatic nitrogens is 2. The fourth-order valence-electron chi connectivity index (χ4n) is 2.36. The molecule has 4 nitrogen and oxygen atoms in total. The molecular weight excluding hydrogens is 240 g/mol. The number of hydrogen-bond acceptors (Lipinski definition) is 2. The van der Waals surface area contributed by atoms with Gasteiger partial charge in [0.1, 0.15) is 5.56 Å². The lowest BCUT2D eigenvalue weighted by Gasteiger charge is -2.12. The van der Waals surface area contributed by atoms with Crippen molar-refractivity contribution >= 4 is 5.78 Å². The molecule has 0 aliphatic heterocycles. The van der Waals surface area contributed by atoms with Crippen molar-refractivity contribution in [3.05, 3.63) is 51.9 Å². The minimum atomic E-state index is -0.232. The predicted molar refractivity (Wildman–Crippen MR) is 75.1 cm³/mol. The molecule has 4 heteroatoms. The Morgan fingerprint density at radius 3 is 2.37 bits per heavy atom. The van der Waals surface area contributed by atoms with Crippen LogP contribution in [0.2, 0.25) is 0 Å². The van der Waals surface area contributed by atoms with Crippen molar-refractivity contribution in [3.63, 3.8) is 0 Å². The summed E-state index contributed by atoms with van der Waals surface area (Å²) in [6.45, 7) is 6.03. The van der Waals surface area contributed by atoms with E-state index in [0.717, 1.165) is 17.8 Å². The Labute approximate surface area is 112 Å². The largest absolute Gasteiger partial charge is 0.294 e. The molecule has 1 aromatic carbocycles. The first kappa shape index (κ1) is 13.3. The van der Waals surface area contributed by atoms with Gasteiger partial charge in [-0.15, -0.1) is 0 Å². The molecule has 0 saturated heterocycles. The second kappa shape index (κ2) is 5.26. The molecule has 2 rings (SSSR count). The van der Waals surface area contributed by atoms with E-state index in [0.29, 0.717) is 6.54 Å². The molecule has 0 bridgehead atoms. The molecule has 0 radical (unpaired) electrons. The maximum Gasteiger partial charge on any atom is 0.282 e. The molecule has 0 spiro atoms. The van der Waals surface area contributed by atoms with Crippen LogP contribution in [0, 0.1) is 6.92 Å². The van der Waals surface area contributed by atoms with Gasteiger partial charge in [-0.2, -0.15) is 0 Å². The number of carbonyl (C=O) groups excluding carboxylic acids is 1. The van der Waals surface area contributed by atoms with E-state index in [1.54, 1.807) is 4.68 Å². The smallest absolute Gasteiger partial charge is 0.282 e. The number of para-hydroxylation sites is 1. The molecule has 19 heavy (non-hydrogen) atoms. The van der Waals surface area contributed by atoms with Crippen molar-refractivity contribution in [2.75, 3.05) is 0 Å². The lowest BCUT2D eigenvalue weighted by Crippen LogP contribution is -2.23. The van der Waals surface area contributed by atoms with Gasteiger partial charge in [0.05, 0.1) is 5.69 Å². The van der Waals surface area contributed by atoms with Gasteiger partial charge in [-0.3, -0.25) is 14.3 Å². The van der Waals surface area contributed by atoms with Crippen LogP contribution in [-0.4, -0.2) is 15.1 Å². The molecule has 1 heterocycles. The minimum Gasteiger partial charge on any atom is -0.294 e. The van der Waals surface area contributed by atoms with Crippen molar-refractivity contribution in [2.45, 2.75) is 33.7 Å². The van der Waals surface area contributed by atoms with Crippen LogP contribution >= 0.6 is 0 Å². The highest BCUT2D eigenvalue weighted by molar-refractivity contribution is 5.94.